The lowest BCUT2D eigenvalue weighted by Gasteiger charge is -2.38. The maximum absolute atomic E-state index is 12.7. The molecule has 3 fully saturated rings. The molecule has 150 valence electrons. The van der Waals surface area contributed by atoms with Crippen molar-refractivity contribution in [3.63, 3.8) is 0 Å². The number of nitrogens with zero attached hydrogens (tertiary/aromatic N) is 5. The molecule has 0 radical (unpaired) electrons. The Labute approximate surface area is 167 Å². The van der Waals surface area contributed by atoms with Gasteiger partial charge in [0.15, 0.2) is 0 Å². The van der Waals surface area contributed by atoms with Crippen molar-refractivity contribution in [2.45, 2.75) is 57.5 Å². The van der Waals surface area contributed by atoms with Crippen LogP contribution in [0.1, 0.15) is 45.7 Å². The number of rotatable bonds is 3. The van der Waals surface area contributed by atoms with Crippen molar-refractivity contribution >= 4 is 17.2 Å². The minimum Gasteiger partial charge on any atom is -0.368 e. The molecule has 2 aromatic rings. The van der Waals surface area contributed by atoms with Gasteiger partial charge in [-0.2, -0.15) is 0 Å². The second kappa shape index (κ2) is 6.48. The van der Waals surface area contributed by atoms with Crippen molar-refractivity contribution in [2.24, 2.45) is 0 Å². The predicted octanol–water partition coefficient (Wildman–Crippen LogP) is 2.52. The summed E-state index contributed by atoms with van der Waals surface area (Å²) < 4.78 is 2.15. The topological polar surface area (TPSA) is 44.1 Å². The zero-order chi connectivity index (χ0) is 19.5. The molecule has 2 saturated heterocycles. The first-order valence-corrected chi connectivity index (χ1v) is 10.7. The monoisotopic (exact) mass is 381 g/mol. The molecule has 1 saturated carbocycles. The van der Waals surface area contributed by atoms with Crippen LogP contribution in [0.4, 0.5) is 5.69 Å². The van der Waals surface area contributed by atoms with Crippen molar-refractivity contribution in [1.29, 1.82) is 0 Å². The van der Waals surface area contributed by atoms with Gasteiger partial charge in [-0.25, -0.2) is 4.98 Å². The SMILES string of the molecule is CC(C)(C)c1cn2cc(N3CCN(C4CCN(C5CC5)C4=O)CC3)ccc2n1. The molecule has 1 unspecified atom stereocenters. The highest BCUT2D eigenvalue weighted by Crippen LogP contribution is 2.32. The van der Waals surface area contributed by atoms with E-state index in [0.717, 1.165) is 50.5 Å². The fraction of sp³-hybridized carbons (Fsp3) is 0.636. The molecular weight excluding hydrogens is 350 g/mol. The number of fused-ring (bicyclic) bond motifs is 1. The van der Waals surface area contributed by atoms with E-state index in [0.29, 0.717) is 11.9 Å². The van der Waals surface area contributed by atoms with Gasteiger partial charge in [-0.05, 0) is 31.4 Å². The van der Waals surface area contributed by atoms with Crippen LogP contribution in [-0.4, -0.2) is 69.9 Å². The maximum atomic E-state index is 12.7. The molecule has 3 aliphatic rings. The Kier molecular flexibility index (Phi) is 4.16. The molecule has 5 rings (SSSR count). The van der Waals surface area contributed by atoms with Gasteiger partial charge in [0.2, 0.25) is 5.91 Å². The van der Waals surface area contributed by atoms with E-state index >= 15 is 0 Å². The number of amides is 1. The first-order chi connectivity index (χ1) is 13.4. The van der Waals surface area contributed by atoms with Gasteiger partial charge in [-0.1, -0.05) is 20.8 Å². The van der Waals surface area contributed by atoms with Gasteiger partial charge in [0.1, 0.15) is 5.65 Å². The van der Waals surface area contributed by atoms with E-state index in [9.17, 15) is 4.79 Å². The second-order valence-electron chi connectivity index (χ2n) is 9.62. The fourth-order valence-corrected chi connectivity index (χ4v) is 4.59. The van der Waals surface area contributed by atoms with Crippen LogP contribution in [0.25, 0.3) is 5.65 Å². The van der Waals surface area contributed by atoms with E-state index in [-0.39, 0.29) is 11.5 Å². The molecule has 4 heterocycles. The van der Waals surface area contributed by atoms with Crippen LogP contribution in [0.5, 0.6) is 0 Å². The molecule has 2 aliphatic heterocycles. The summed E-state index contributed by atoms with van der Waals surface area (Å²) in [5.74, 6) is 0.380. The Morgan fingerprint density at radius 1 is 0.964 bits per heavy atom. The lowest BCUT2D eigenvalue weighted by Crippen LogP contribution is -2.52. The molecule has 6 heteroatoms. The summed E-state index contributed by atoms with van der Waals surface area (Å²) in [6, 6.07) is 4.97. The Balaban J connectivity index is 1.26. The van der Waals surface area contributed by atoms with Crippen molar-refractivity contribution in [3.8, 4) is 0 Å². The molecular formula is C22H31N5O. The summed E-state index contributed by atoms with van der Waals surface area (Å²) in [5.41, 5.74) is 3.42. The van der Waals surface area contributed by atoms with Gasteiger partial charge in [-0.3, -0.25) is 9.69 Å². The van der Waals surface area contributed by atoms with E-state index in [1.54, 1.807) is 0 Å². The van der Waals surface area contributed by atoms with Crippen LogP contribution in [0.15, 0.2) is 24.5 Å². The molecule has 1 aliphatic carbocycles. The van der Waals surface area contributed by atoms with E-state index in [1.165, 1.54) is 18.5 Å². The molecule has 6 nitrogen and oxygen atoms in total. The number of carbonyl (C=O) groups is 1. The fourth-order valence-electron chi connectivity index (χ4n) is 4.59. The molecule has 0 spiro atoms. The minimum atomic E-state index is 0.0555. The summed E-state index contributed by atoms with van der Waals surface area (Å²) in [6.07, 6.45) is 7.77. The minimum absolute atomic E-state index is 0.0555. The van der Waals surface area contributed by atoms with Gasteiger partial charge >= 0.3 is 0 Å². The average molecular weight is 382 g/mol. The normalized spacial score (nSPS) is 24.5. The van der Waals surface area contributed by atoms with Gasteiger partial charge in [0.05, 0.1) is 17.4 Å². The summed E-state index contributed by atoms with van der Waals surface area (Å²) in [6.45, 7) is 11.4. The molecule has 0 bridgehead atoms. The quantitative estimate of drug-likeness (QED) is 0.820. The lowest BCUT2D eigenvalue weighted by atomic mass is 9.93. The first-order valence-electron chi connectivity index (χ1n) is 10.7. The number of pyridine rings is 1. The van der Waals surface area contributed by atoms with Gasteiger partial charge < -0.3 is 14.2 Å². The highest BCUT2D eigenvalue weighted by Gasteiger charge is 2.43. The molecule has 2 aromatic heterocycles. The number of likely N-dealkylation sites (tertiary alicyclic amines) is 1. The van der Waals surface area contributed by atoms with Crippen molar-refractivity contribution in [1.82, 2.24) is 19.2 Å². The van der Waals surface area contributed by atoms with E-state index in [4.69, 9.17) is 4.98 Å². The Hall–Kier alpha value is -2.08. The zero-order valence-corrected chi connectivity index (χ0v) is 17.3. The van der Waals surface area contributed by atoms with E-state index < -0.39 is 0 Å². The van der Waals surface area contributed by atoms with Crippen LogP contribution in [-0.2, 0) is 10.2 Å². The van der Waals surface area contributed by atoms with E-state index in [1.807, 2.05) is 0 Å². The number of carbonyl (C=O) groups excluding carboxylic acids is 1. The molecule has 1 atom stereocenters. The number of anilines is 1. The highest BCUT2D eigenvalue weighted by atomic mass is 16.2. The maximum Gasteiger partial charge on any atom is 0.240 e. The molecule has 28 heavy (non-hydrogen) atoms. The summed E-state index contributed by atoms with van der Waals surface area (Å²) >= 11 is 0. The number of hydrogen-bond donors (Lipinski definition) is 0. The number of hydrogen-bond acceptors (Lipinski definition) is 4. The Morgan fingerprint density at radius 2 is 1.71 bits per heavy atom. The number of imidazole rings is 1. The van der Waals surface area contributed by atoms with Crippen LogP contribution >= 0.6 is 0 Å². The van der Waals surface area contributed by atoms with Crippen molar-refractivity contribution < 1.29 is 4.79 Å². The van der Waals surface area contributed by atoms with E-state index in [2.05, 4.69) is 64.4 Å². The van der Waals surface area contributed by atoms with Crippen molar-refractivity contribution in [2.75, 3.05) is 37.6 Å². The van der Waals surface area contributed by atoms with Crippen LogP contribution < -0.4 is 4.90 Å². The standard InChI is InChI=1S/C22H31N5O/c1-22(2,3)19-15-26-14-17(6-7-20(26)23-19)24-10-12-25(13-11-24)18-8-9-27(21(18)28)16-4-5-16/h6-7,14-16,18H,4-5,8-13H2,1-3H3. The summed E-state index contributed by atoms with van der Waals surface area (Å²) in [5, 5.41) is 0. The molecule has 0 aromatic carbocycles. The predicted molar refractivity (Wildman–Crippen MR) is 111 cm³/mol. The average Bonchev–Trinajstić information content (AvgIpc) is 3.29. The third-order valence-electron chi connectivity index (χ3n) is 6.52. The molecule has 0 N–H and O–H groups in total. The van der Waals surface area contributed by atoms with Gasteiger partial charge in [0.25, 0.3) is 0 Å². The zero-order valence-electron chi connectivity index (χ0n) is 17.3. The van der Waals surface area contributed by atoms with Crippen LogP contribution in [0.3, 0.4) is 0 Å². The summed E-state index contributed by atoms with van der Waals surface area (Å²) in [4.78, 5) is 24.5. The van der Waals surface area contributed by atoms with Crippen LogP contribution in [0.2, 0.25) is 0 Å². The Bertz CT molecular complexity index is 886. The summed E-state index contributed by atoms with van der Waals surface area (Å²) in [7, 11) is 0. The highest BCUT2D eigenvalue weighted by molar-refractivity contribution is 5.84. The lowest BCUT2D eigenvalue weighted by molar-refractivity contribution is -0.132. The number of aromatic nitrogens is 2. The number of piperazine rings is 1. The van der Waals surface area contributed by atoms with Crippen molar-refractivity contribution in [3.05, 3.63) is 30.2 Å². The smallest absolute Gasteiger partial charge is 0.240 e. The largest absolute Gasteiger partial charge is 0.368 e. The second-order valence-corrected chi connectivity index (χ2v) is 9.62. The molecule has 1 amide bonds. The third kappa shape index (κ3) is 3.17. The van der Waals surface area contributed by atoms with Gasteiger partial charge in [0, 0.05) is 56.6 Å². The first kappa shape index (κ1) is 18.0. The van der Waals surface area contributed by atoms with Crippen LogP contribution in [0, 0.1) is 0 Å². The van der Waals surface area contributed by atoms with Gasteiger partial charge in [-0.15, -0.1) is 0 Å². The Morgan fingerprint density at radius 3 is 2.39 bits per heavy atom. The third-order valence-corrected chi connectivity index (χ3v) is 6.52.